The molecule has 3 aliphatic rings. The summed E-state index contributed by atoms with van der Waals surface area (Å²) in [5.74, 6) is 3.05. The fourth-order valence-electron chi connectivity index (χ4n) is 5.15. The fourth-order valence-corrected chi connectivity index (χ4v) is 5.15. The van der Waals surface area contributed by atoms with Crippen LogP contribution in [-0.4, -0.2) is 12.1 Å². The molecule has 0 heterocycles. The van der Waals surface area contributed by atoms with Crippen LogP contribution in [0.4, 0.5) is 0 Å². The zero-order valence-corrected chi connectivity index (χ0v) is 12.9. The lowest BCUT2D eigenvalue weighted by atomic mass is 9.71. The number of hydrogen-bond donors (Lipinski definition) is 1. The van der Waals surface area contributed by atoms with Crippen LogP contribution in [0.3, 0.4) is 0 Å². The Kier molecular flexibility index (Phi) is 4.84. The van der Waals surface area contributed by atoms with Gasteiger partial charge >= 0.3 is 0 Å². The Labute approximate surface area is 119 Å². The van der Waals surface area contributed by atoms with E-state index in [4.69, 9.17) is 0 Å². The third-order valence-electron chi connectivity index (χ3n) is 6.22. The van der Waals surface area contributed by atoms with E-state index in [1.807, 2.05) is 0 Å². The van der Waals surface area contributed by atoms with Gasteiger partial charge in [-0.2, -0.15) is 0 Å². The zero-order valence-electron chi connectivity index (χ0n) is 12.9. The number of nitrogens with one attached hydrogen (secondary N) is 1. The van der Waals surface area contributed by atoms with Crippen LogP contribution in [0.5, 0.6) is 0 Å². The molecule has 3 fully saturated rings. The van der Waals surface area contributed by atoms with E-state index in [-0.39, 0.29) is 0 Å². The maximum absolute atomic E-state index is 4.10. The highest BCUT2D eigenvalue weighted by molar-refractivity contribution is 4.90. The van der Waals surface area contributed by atoms with Crippen molar-refractivity contribution in [3.8, 4) is 0 Å². The average molecular weight is 263 g/mol. The van der Waals surface area contributed by atoms with Crippen LogP contribution in [0.25, 0.3) is 0 Å². The quantitative estimate of drug-likeness (QED) is 0.763. The Morgan fingerprint density at radius 1 is 0.737 bits per heavy atom. The highest BCUT2D eigenvalue weighted by Crippen LogP contribution is 2.39. The Hall–Kier alpha value is -0.0400. The smallest absolute Gasteiger partial charge is 0.0101 e. The molecular formula is C18H33N. The lowest BCUT2D eigenvalue weighted by molar-refractivity contribution is 0.141. The second kappa shape index (κ2) is 6.61. The van der Waals surface area contributed by atoms with Gasteiger partial charge in [-0.05, 0) is 49.9 Å². The lowest BCUT2D eigenvalue weighted by Gasteiger charge is -2.40. The van der Waals surface area contributed by atoms with Gasteiger partial charge in [0.1, 0.15) is 0 Å². The molecule has 3 aliphatic carbocycles. The second-order valence-electron chi connectivity index (χ2n) is 7.73. The molecule has 0 bridgehead atoms. The van der Waals surface area contributed by atoms with Gasteiger partial charge in [-0.3, -0.25) is 0 Å². The molecular weight excluding hydrogens is 230 g/mol. The predicted octanol–water partition coefficient (Wildman–Crippen LogP) is 4.90. The van der Waals surface area contributed by atoms with Crippen LogP contribution in [0, 0.1) is 17.8 Å². The van der Waals surface area contributed by atoms with Gasteiger partial charge in [0.25, 0.3) is 0 Å². The van der Waals surface area contributed by atoms with Crippen molar-refractivity contribution in [1.82, 2.24) is 5.32 Å². The summed E-state index contributed by atoms with van der Waals surface area (Å²) >= 11 is 0. The first-order valence-corrected chi connectivity index (χ1v) is 9.09. The topological polar surface area (TPSA) is 12.0 Å². The van der Waals surface area contributed by atoms with E-state index in [1.165, 1.54) is 77.0 Å². The molecule has 3 rings (SSSR count). The normalized spacial score (nSPS) is 41.5. The van der Waals surface area contributed by atoms with Gasteiger partial charge in [-0.25, -0.2) is 0 Å². The molecule has 1 N–H and O–H groups in total. The van der Waals surface area contributed by atoms with Crippen LogP contribution >= 0.6 is 0 Å². The highest BCUT2D eigenvalue weighted by Gasteiger charge is 2.34. The first kappa shape index (κ1) is 13.9. The summed E-state index contributed by atoms with van der Waals surface area (Å²) in [5, 5.41) is 4.10. The van der Waals surface area contributed by atoms with Crippen molar-refractivity contribution < 1.29 is 0 Å². The molecule has 0 aliphatic heterocycles. The first-order chi connectivity index (χ1) is 9.33. The SMILES string of the molecule is CC1CCC(NC2CCCCC2C2CCCCC2)C1. The van der Waals surface area contributed by atoms with Gasteiger partial charge in [0.15, 0.2) is 0 Å². The maximum Gasteiger partial charge on any atom is 0.0101 e. The second-order valence-corrected chi connectivity index (χ2v) is 7.73. The summed E-state index contributed by atoms with van der Waals surface area (Å²) in [6, 6.07) is 1.72. The molecule has 0 spiro atoms. The third-order valence-corrected chi connectivity index (χ3v) is 6.22. The van der Waals surface area contributed by atoms with E-state index in [1.54, 1.807) is 0 Å². The van der Waals surface area contributed by atoms with Gasteiger partial charge < -0.3 is 5.32 Å². The van der Waals surface area contributed by atoms with Gasteiger partial charge in [-0.1, -0.05) is 51.9 Å². The first-order valence-electron chi connectivity index (χ1n) is 9.09. The molecule has 1 heteroatoms. The molecule has 0 aromatic rings. The van der Waals surface area contributed by atoms with Crippen LogP contribution < -0.4 is 5.32 Å². The summed E-state index contributed by atoms with van der Waals surface area (Å²) < 4.78 is 0. The number of hydrogen-bond acceptors (Lipinski definition) is 1. The molecule has 3 saturated carbocycles. The Bertz CT molecular complexity index is 269. The zero-order chi connectivity index (χ0) is 13.1. The molecule has 0 amide bonds. The lowest BCUT2D eigenvalue weighted by Crippen LogP contribution is -2.46. The summed E-state index contributed by atoms with van der Waals surface area (Å²) in [7, 11) is 0. The standard InChI is InChI=1S/C18H33N/c1-14-11-12-16(13-14)19-18-10-6-5-9-17(18)15-7-3-2-4-8-15/h14-19H,2-13H2,1H3. The van der Waals surface area contributed by atoms with Gasteiger partial charge in [0.2, 0.25) is 0 Å². The average Bonchev–Trinajstić information content (AvgIpc) is 2.86. The summed E-state index contributed by atoms with van der Waals surface area (Å²) in [6.07, 6.45) is 17.9. The number of rotatable bonds is 3. The van der Waals surface area contributed by atoms with Crippen molar-refractivity contribution >= 4 is 0 Å². The van der Waals surface area contributed by atoms with Gasteiger partial charge in [0, 0.05) is 12.1 Å². The summed E-state index contributed by atoms with van der Waals surface area (Å²) in [5.41, 5.74) is 0. The van der Waals surface area contributed by atoms with Crippen LogP contribution in [0.1, 0.15) is 84.0 Å². The maximum atomic E-state index is 4.10. The Morgan fingerprint density at radius 3 is 2.21 bits per heavy atom. The molecule has 19 heavy (non-hydrogen) atoms. The predicted molar refractivity (Wildman–Crippen MR) is 82.3 cm³/mol. The van der Waals surface area contributed by atoms with Crippen molar-refractivity contribution in [2.45, 2.75) is 96.1 Å². The van der Waals surface area contributed by atoms with E-state index in [2.05, 4.69) is 12.2 Å². The van der Waals surface area contributed by atoms with Gasteiger partial charge in [-0.15, -0.1) is 0 Å². The van der Waals surface area contributed by atoms with E-state index >= 15 is 0 Å². The third kappa shape index (κ3) is 3.54. The minimum Gasteiger partial charge on any atom is -0.311 e. The van der Waals surface area contributed by atoms with E-state index in [0.717, 1.165) is 29.8 Å². The van der Waals surface area contributed by atoms with E-state index in [9.17, 15) is 0 Å². The van der Waals surface area contributed by atoms with Crippen molar-refractivity contribution in [3.63, 3.8) is 0 Å². The monoisotopic (exact) mass is 263 g/mol. The van der Waals surface area contributed by atoms with Gasteiger partial charge in [0.05, 0.1) is 0 Å². The van der Waals surface area contributed by atoms with E-state index < -0.39 is 0 Å². The molecule has 0 saturated heterocycles. The Morgan fingerprint density at radius 2 is 1.47 bits per heavy atom. The van der Waals surface area contributed by atoms with E-state index in [0.29, 0.717) is 0 Å². The Balaban J connectivity index is 1.57. The minimum atomic E-state index is 0.851. The minimum absolute atomic E-state index is 0.851. The van der Waals surface area contributed by atoms with Crippen molar-refractivity contribution in [2.75, 3.05) is 0 Å². The molecule has 0 aromatic heterocycles. The van der Waals surface area contributed by atoms with Crippen molar-refractivity contribution in [2.24, 2.45) is 17.8 Å². The largest absolute Gasteiger partial charge is 0.311 e. The molecule has 4 atom stereocenters. The fraction of sp³-hybridized carbons (Fsp3) is 1.00. The molecule has 110 valence electrons. The summed E-state index contributed by atoms with van der Waals surface area (Å²) in [6.45, 7) is 2.43. The highest BCUT2D eigenvalue weighted by atomic mass is 15.0. The molecule has 0 aromatic carbocycles. The van der Waals surface area contributed by atoms with Crippen molar-refractivity contribution in [1.29, 1.82) is 0 Å². The van der Waals surface area contributed by atoms with Crippen LogP contribution in [0.15, 0.2) is 0 Å². The molecule has 0 radical (unpaired) electrons. The van der Waals surface area contributed by atoms with Crippen LogP contribution in [-0.2, 0) is 0 Å². The van der Waals surface area contributed by atoms with Crippen LogP contribution in [0.2, 0.25) is 0 Å². The molecule has 1 nitrogen and oxygen atoms in total. The molecule has 4 unspecified atom stereocenters. The van der Waals surface area contributed by atoms with Crippen molar-refractivity contribution in [3.05, 3.63) is 0 Å². The summed E-state index contributed by atoms with van der Waals surface area (Å²) in [4.78, 5) is 0.